The normalized spacial score (nSPS) is 12.9. The highest BCUT2D eigenvalue weighted by molar-refractivity contribution is 9.10. The number of hydrogen-bond acceptors (Lipinski definition) is 3. The standard InChI is InChI=1S/C16H23BrN4/c1-5-12-9-18-8-7-13(12)15(19-6-2)16-14(17)10-20-21(16)11(3)4/h7-11,15,19H,5-6H2,1-4H3. The third kappa shape index (κ3) is 3.35. The van der Waals surface area contributed by atoms with Gasteiger partial charge < -0.3 is 5.32 Å². The van der Waals surface area contributed by atoms with Crippen molar-refractivity contribution in [1.29, 1.82) is 0 Å². The lowest BCUT2D eigenvalue weighted by Crippen LogP contribution is -2.27. The highest BCUT2D eigenvalue weighted by Gasteiger charge is 2.24. The van der Waals surface area contributed by atoms with E-state index < -0.39 is 0 Å². The van der Waals surface area contributed by atoms with E-state index in [4.69, 9.17) is 0 Å². The highest BCUT2D eigenvalue weighted by atomic mass is 79.9. The fraction of sp³-hybridized carbons (Fsp3) is 0.500. The van der Waals surface area contributed by atoms with Crippen molar-refractivity contribution in [2.45, 2.75) is 46.2 Å². The quantitative estimate of drug-likeness (QED) is 0.859. The van der Waals surface area contributed by atoms with E-state index >= 15 is 0 Å². The van der Waals surface area contributed by atoms with Crippen LogP contribution < -0.4 is 5.32 Å². The SMILES string of the molecule is CCNC(c1ccncc1CC)c1c(Br)cnn1C(C)C. The molecule has 1 unspecified atom stereocenters. The van der Waals surface area contributed by atoms with E-state index in [-0.39, 0.29) is 6.04 Å². The molecule has 1 atom stereocenters. The van der Waals surface area contributed by atoms with E-state index in [1.54, 1.807) is 0 Å². The molecule has 1 N–H and O–H groups in total. The molecular formula is C16H23BrN4. The van der Waals surface area contributed by atoms with Gasteiger partial charge in [0, 0.05) is 18.4 Å². The minimum absolute atomic E-state index is 0.118. The minimum atomic E-state index is 0.118. The van der Waals surface area contributed by atoms with Gasteiger partial charge in [0.25, 0.3) is 0 Å². The van der Waals surface area contributed by atoms with Crippen LogP contribution >= 0.6 is 15.9 Å². The van der Waals surface area contributed by atoms with Gasteiger partial charge in [-0.2, -0.15) is 5.10 Å². The Bertz CT molecular complexity index is 592. The van der Waals surface area contributed by atoms with Crippen LogP contribution in [0.15, 0.2) is 29.1 Å². The molecule has 4 nitrogen and oxygen atoms in total. The molecule has 0 aliphatic carbocycles. The molecule has 2 aromatic rings. The van der Waals surface area contributed by atoms with Crippen LogP contribution in [0, 0.1) is 0 Å². The van der Waals surface area contributed by atoms with Crippen LogP contribution in [0.3, 0.4) is 0 Å². The largest absolute Gasteiger partial charge is 0.305 e. The summed E-state index contributed by atoms with van der Waals surface area (Å²) in [7, 11) is 0. The molecule has 0 saturated carbocycles. The predicted molar refractivity (Wildman–Crippen MR) is 89.4 cm³/mol. The topological polar surface area (TPSA) is 42.7 Å². The second-order valence-electron chi connectivity index (χ2n) is 5.33. The lowest BCUT2D eigenvalue weighted by Gasteiger charge is -2.24. The van der Waals surface area contributed by atoms with Crippen LogP contribution in [0.2, 0.25) is 0 Å². The van der Waals surface area contributed by atoms with Gasteiger partial charge >= 0.3 is 0 Å². The molecule has 114 valence electrons. The Labute approximate surface area is 135 Å². The van der Waals surface area contributed by atoms with Gasteiger partial charge in [-0.1, -0.05) is 13.8 Å². The first-order chi connectivity index (χ1) is 10.1. The van der Waals surface area contributed by atoms with Gasteiger partial charge in [-0.25, -0.2) is 0 Å². The number of pyridine rings is 1. The molecule has 0 amide bonds. The Morgan fingerprint density at radius 3 is 2.67 bits per heavy atom. The number of aromatic nitrogens is 3. The average Bonchev–Trinajstić information content (AvgIpc) is 2.86. The van der Waals surface area contributed by atoms with Crippen molar-refractivity contribution in [3.05, 3.63) is 46.0 Å². The summed E-state index contributed by atoms with van der Waals surface area (Å²) in [5.74, 6) is 0. The summed E-state index contributed by atoms with van der Waals surface area (Å²) < 4.78 is 3.12. The number of nitrogens with zero attached hydrogens (tertiary/aromatic N) is 3. The van der Waals surface area contributed by atoms with Crippen molar-refractivity contribution in [3.63, 3.8) is 0 Å². The summed E-state index contributed by atoms with van der Waals surface area (Å²) in [6.07, 6.45) is 6.68. The molecule has 5 heteroatoms. The molecule has 2 heterocycles. The van der Waals surface area contributed by atoms with Crippen LogP contribution in [0.4, 0.5) is 0 Å². The van der Waals surface area contributed by atoms with E-state index in [2.05, 4.69) is 69.8 Å². The number of aryl methyl sites for hydroxylation is 1. The Morgan fingerprint density at radius 1 is 1.29 bits per heavy atom. The van der Waals surface area contributed by atoms with Gasteiger partial charge in [0.1, 0.15) is 0 Å². The third-order valence-corrected chi connectivity index (χ3v) is 4.20. The minimum Gasteiger partial charge on any atom is -0.305 e. The third-order valence-electron chi connectivity index (χ3n) is 3.59. The van der Waals surface area contributed by atoms with Crippen molar-refractivity contribution in [2.75, 3.05) is 6.54 Å². The molecule has 0 radical (unpaired) electrons. The number of rotatable bonds is 6. The van der Waals surface area contributed by atoms with Gasteiger partial charge in [-0.05, 0) is 59.9 Å². The summed E-state index contributed by atoms with van der Waals surface area (Å²) in [6, 6.07) is 2.54. The predicted octanol–water partition coefficient (Wildman–Crippen LogP) is 3.88. The van der Waals surface area contributed by atoms with Crippen molar-refractivity contribution in [3.8, 4) is 0 Å². The zero-order chi connectivity index (χ0) is 15.4. The first-order valence-corrected chi connectivity index (χ1v) is 8.28. The summed E-state index contributed by atoms with van der Waals surface area (Å²) in [4.78, 5) is 4.26. The van der Waals surface area contributed by atoms with Crippen LogP contribution in [0.1, 0.15) is 56.6 Å². The second kappa shape index (κ2) is 7.18. The molecule has 0 fully saturated rings. The Hall–Kier alpha value is -1.20. The zero-order valence-corrected chi connectivity index (χ0v) is 14.7. The average molecular weight is 351 g/mol. The van der Waals surface area contributed by atoms with E-state index in [1.807, 2.05) is 18.6 Å². The van der Waals surface area contributed by atoms with Gasteiger partial charge in [0.05, 0.1) is 22.4 Å². The number of halogens is 1. The summed E-state index contributed by atoms with van der Waals surface area (Å²) in [5, 5.41) is 8.11. The van der Waals surface area contributed by atoms with Crippen LogP contribution in [0.25, 0.3) is 0 Å². The van der Waals surface area contributed by atoms with Crippen molar-refractivity contribution >= 4 is 15.9 Å². The summed E-state index contributed by atoms with van der Waals surface area (Å²) in [6.45, 7) is 9.49. The van der Waals surface area contributed by atoms with Gasteiger partial charge in [0.15, 0.2) is 0 Å². The maximum Gasteiger partial charge on any atom is 0.0763 e. The highest BCUT2D eigenvalue weighted by Crippen LogP contribution is 2.32. The van der Waals surface area contributed by atoms with E-state index in [1.165, 1.54) is 16.8 Å². The van der Waals surface area contributed by atoms with E-state index in [0.29, 0.717) is 6.04 Å². The summed E-state index contributed by atoms with van der Waals surface area (Å²) >= 11 is 3.66. The maximum absolute atomic E-state index is 4.51. The molecule has 2 rings (SSSR count). The van der Waals surface area contributed by atoms with Crippen LogP contribution in [-0.4, -0.2) is 21.3 Å². The lowest BCUT2D eigenvalue weighted by atomic mass is 9.98. The van der Waals surface area contributed by atoms with Crippen molar-refractivity contribution < 1.29 is 0 Å². The smallest absolute Gasteiger partial charge is 0.0763 e. The Balaban J connectivity index is 2.56. The lowest BCUT2D eigenvalue weighted by molar-refractivity contribution is 0.474. The fourth-order valence-corrected chi connectivity index (χ4v) is 3.11. The Kier molecular flexibility index (Phi) is 5.53. The molecule has 0 aliphatic rings. The molecular weight excluding hydrogens is 328 g/mol. The number of nitrogens with one attached hydrogen (secondary N) is 1. The maximum atomic E-state index is 4.51. The van der Waals surface area contributed by atoms with Gasteiger partial charge in [0.2, 0.25) is 0 Å². The molecule has 21 heavy (non-hydrogen) atoms. The molecule has 0 aromatic carbocycles. The van der Waals surface area contributed by atoms with E-state index in [0.717, 1.165) is 17.4 Å². The van der Waals surface area contributed by atoms with Gasteiger partial charge in [-0.3, -0.25) is 9.67 Å². The molecule has 0 bridgehead atoms. The first-order valence-electron chi connectivity index (χ1n) is 7.49. The van der Waals surface area contributed by atoms with Crippen molar-refractivity contribution in [1.82, 2.24) is 20.1 Å². The zero-order valence-electron chi connectivity index (χ0n) is 13.1. The first kappa shape index (κ1) is 16.2. The molecule has 2 aromatic heterocycles. The van der Waals surface area contributed by atoms with Crippen LogP contribution in [-0.2, 0) is 6.42 Å². The number of hydrogen-bond donors (Lipinski definition) is 1. The molecule has 0 saturated heterocycles. The Morgan fingerprint density at radius 2 is 2.05 bits per heavy atom. The fourth-order valence-electron chi connectivity index (χ4n) is 2.61. The molecule has 0 spiro atoms. The second-order valence-corrected chi connectivity index (χ2v) is 6.19. The van der Waals surface area contributed by atoms with Crippen molar-refractivity contribution in [2.24, 2.45) is 0 Å². The molecule has 0 aliphatic heterocycles. The summed E-state index contributed by atoms with van der Waals surface area (Å²) in [5.41, 5.74) is 3.72. The van der Waals surface area contributed by atoms with Crippen LogP contribution in [0.5, 0.6) is 0 Å². The monoisotopic (exact) mass is 350 g/mol. The van der Waals surface area contributed by atoms with Gasteiger partial charge in [-0.15, -0.1) is 0 Å². The van der Waals surface area contributed by atoms with E-state index in [9.17, 15) is 0 Å².